The molecule has 7 nitrogen and oxygen atoms in total. The summed E-state index contributed by atoms with van der Waals surface area (Å²) >= 11 is 1.39. The molecule has 0 unspecified atom stereocenters. The number of carbonyl (C=O) groups excluding carboxylic acids is 1. The van der Waals surface area contributed by atoms with Gasteiger partial charge >= 0.3 is 0 Å². The molecule has 8 heteroatoms. The van der Waals surface area contributed by atoms with Crippen molar-refractivity contribution in [3.05, 3.63) is 59.9 Å². The molecule has 1 aromatic heterocycles. The average Bonchev–Trinajstić information content (AvgIpc) is 3.25. The first-order valence-corrected chi connectivity index (χ1v) is 10.9. The summed E-state index contributed by atoms with van der Waals surface area (Å²) < 4.78 is 13.1. The van der Waals surface area contributed by atoms with Gasteiger partial charge in [0.25, 0.3) is 0 Å². The molecule has 2 heterocycles. The van der Waals surface area contributed by atoms with Crippen LogP contribution in [0, 0.1) is 0 Å². The van der Waals surface area contributed by atoms with E-state index in [1.54, 1.807) is 18.3 Å². The van der Waals surface area contributed by atoms with Crippen molar-refractivity contribution in [2.24, 2.45) is 0 Å². The Morgan fingerprint density at radius 3 is 2.80 bits per heavy atom. The van der Waals surface area contributed by atoms with Gasteiger partial charge in [0, 0.05) is 13.6 Å². The molecule has 3 aromatic rings. The van der Waals surface area contributed by atoms with Crippen molar-refractivity contribution in [3.63, 3.8) is 0 Å². The lowest BCUT2D eigenvalue weighted by Crippen LogP contribution is -2.28. The summed E-state index contributed by atoms with van der Waals surface area (Å²) in [6, 6.07) is 13.9. The summed E-state index contributed by atoms with van der Waals surface area (Å²) in [6.45, 7) is 3.73. The van der Waals surface area contributed by atoms with Crippen molar-refractivity contribution >= 4 is 17.7 Å². The third-order valence-corrected chi connectivity index (χ3v) is 5.85. The van der Waals surface area contributed by atoms with Crippen LogP contribution in [0.2, 0.25) is 0 Å². The monoisotopic (exact) mass is 424 g/mol. The minimum absolute atomic E-state index is 0.0215. The van der Waals surface area contributed by atoms with Gasteiger partial charge in [-0.1, -0.05) is 43.0 Å². The molecule has 0 aliphatic carbocycles. The summed E-state index contributed by atoms with van der Waals surface area (Å²) in [4.78, 5) is 14.4. The van der Waals surface area contributed by atoms with Gasteiger partial charge in [-0.2, -0.15) is 0 Å². The first-order valence-electron chi connectivity index (χ1n) is 9.89. The summed E-state index contributed by atoms with van der Waals surface area (Å²) in [5.41, 5.74) is 3.26. The first kappa shape index (κ1) is 20.3. The van der Waals surface area contributed by atoms with E-state index in [1.165, 1.54) is 17.3 Å². The van der Waals surface area contributed by atoms with E-state index in [0.717, 1.165) is 29.2 Å². The molecule has 30 heavy (non-hydrogen) atoms. The van der Waals surface area contributed by atoms with Crippen LogP contribution < -0.4 is 9.47 Å². The maximum atomic E-state index is 12.7. The maximum Gasteiger partial charge on any atom is 0.233 e. The van der Waals surface area contributed by atoms with Gasteiger partial charge in [0.2, 0.25) is 5.91 Å². The predicted octanol–water partition coefficient (Wildman–Crippen LogP) is 3.35. The quantitative estimate of drug-likeness (QED) is 0.542. The number of rotatable bonds is 7. The largest absolute Gasteiger partial charge is 0.486 e. The number of aryl methyl sites for hydroxylation is 1. The fraction of sp³-hybridized carbons (Fsp3) is 0.318. The number of carbonyl (C=O) groups is 1. The van der Waals surface area contributed by atoms with Crippen LogP contribution in [0.3, 0.4) is 0 Å². The van der Waals surface area contributed by atoms with E-state index in [0.29, 0.717) is 24.9 Å². The number of nitrogens with zero attached hydrogens (tertiary/aromatic N) is 4. The zero-order valence-corrected chi connectivity index (χ0v) is 17.9. The SMILES string of the molecule is CCc1ccccc1-n1cnnc1SCC(=O)N(C)Cc1ccc2c(c1)OCCO2. The number of ether oxygens (including phenoxy) is 2. The Balaban J connectivity index is 1.39. The number of para-hydroxylation sites is 1. The maximum absolute atomic E-state index is 12.7. The Kier molecular flexibility index (Phi) is 6.23. The van der Waals surface area contributed by atoms with Crippen LogP contribution in [-0.2, 0) is 17.8 Å². The van der Waals surface area contributed by atoms with Gasteiger partial charge in [0.15, 0.2) is 16.7 Å². The van der Waals surface area contributed by atoms with E-state index in [9.17, 15) is 4.79 Å². The highest BCUT2D eigenvalue weighted by molar-refractivity contribution is 7.99. The molecule has 0 radical (unpaired) electrons. The van der Waals surface area contributed by atoms with Gasteiger partial charge in [-0.3, -0.25) is 9.36 Å². The molecular formula is C22H24N4O3S. The van der Waals surface area contributed by atoms with Crippen LogP contribution in [0.1, 0.15) is 18.1 Å². The second-order valence-electron chi connectivity index (χ2n) is 6.98. The van der Waals surface area contributed by atoms with Crippen LogP contribution in [0.15, 0.2) is 53.9 Å². The standard InChI is InChI=1S/C22H24N4O3S/c1-3-17-6-4-5-7-18(17)26-15-23-24-22(26)30-14-21(27)25(2)13-16-8-9-19-20(12-16)29-11-10-28-19/h4-9,12,15H,3,10-11,13-14H2,1-2H3. The Hall–Kier alpha value is -3.00. The van der Waals surface area contributed by atoms with Crippen LogP contribution in [0.4, 0.5) is 0 Å². The van der Waals surface area contributed by atoms with Gasteiger partial charge in [-0.05, 0) is 35.7 Å². The van der Waals surface area contributed by atoms with E-state index in [1.807, 2.05) is 41.0 Å². The van der Waals surface area contributed by atoms with Crippen molar-refractivity contribution in [1.29, 1.82) is 0 Å². The van der Waals surface area contributed by atoms with E-state index in [-0.39, 0.29) is 11.7 Å². The minimum Gasteiger partial charge on any atom is -0.486 e. The fourth-order valence-electron chi connectivity index (χ4n) is 3.32. The third kappa shape index (κ3) is 4.43. The molecule has 4 rings (SSSR count). The third-order valence-electron chi connectivity index (χ3n) is 4.93. The average molecular weight is 425 g/mol. The minimum atomic E-state index is 0.0215. The number of hydrogen-bond acceptors (Lipinski definition) is 6. The topological polar surface area (TPSA) is 69.5 Å². The fourth-order valence-corrected chi connectivity index (χ4v) is 4.18. The highest BCUT2D eigenvalue weighted by Crippen LogP contribution is 2.31. The van der Waals surface area contributed by atoms with Crippen LogP contribution in [-0.4, -0.2) is 51.6 Å². The van der Waals surface area contributed by atoms with Crippen LogP contribution in [0.5, 0.6) is 11.5 Å². The normalized spacial score (nSPS) is 12.6. The van der Waals surface area contributed by atoms with E-state index in [2.05, 4.69) is 23.2 Å². The van der Waals surface area contributed by atoms with Gasteiger partial charge in [-0.25, -0.2) is 0 Å². The van der Waals surface area contributed by atoms with Crippen LogP contribution >= 0.6 is 11.8 Å². The van der Waals surface area contributed by atoms with Gasteiger partial charge in [0.05, 0.1) is 11.4 Å². The Morgan fingerprint density at radius 2 is 1.97 bits per heavy atom. The molecule has 2 aromatic carbocycles. The molecule has 0 saturated carbocycles. The van der Waals surface area contributed by atoms with Crippen molar-refractivity contribution < 1.29 is 14.3 Å². The second kappa shape index (κ2) is 9.21. The smallest absolute Gasteiger partial charge is 0.233 e. The number of thioether (sulfide) groups is 1. The van der Waals surface area contributed by atoms with Gasteiger partial charge in [0.1, 0.15) is 19.5 Å². The number of hydrogen-bond donors (Lipinski definition) is 0. The van der Waals surface area contributed by atoms with E-state index < -0.39 is 0 Å². The van der Waals surface area contributed by atoms with Gasteiger partial charge < -0.3 is 14.4 Å². The van der Waals surface area contributed by atoms with Crippen molar-refractivity contribution in [1.82, 2.24) is 19.7 Å². The van der Waals surface area contributed by atoms with Crippen molar-refractivity contribution in [3.8, 4) is 17.2 Å². The second-order valence-corrected chi connectivity index (χ2v) is 7.92. The lowest BCUT2D eigenvalue weighted by atomic mass is 10.1. The lowest BCUT2D eigenvalue weighted by molar-refractivity contribution is -0.127. The molecule has 0 fully saturated rings. The number of aromatic nitrogens is 3. The van der Waals surface area contributed by atoms with E-state index in [4.69, 9.17) is 9.47 Å². The molecule has 1 aliphatic rings. The molecule has 0 spiro atoms. The highest BCUT2D eigenvalue weighted by atomic mass is 32.2. The van der Waals surface area contributed by atoms with Crippen molar-refractivity contribution in [2.75, 3.05) is 26.0 Å². The molecule has 0 atom stereocenters. The van der Waals surface area contributed by atoms with Crippen LogP contribution in [0.25, 0.3) is 5.69 Å². The summed E-state index contributed by atoms with van der Waals surface area (Å²) in [5.74, 6) is 1.79. The summed E-state index contributed by atoms with van der Waals surface area (Å²) in [6.07, 6.45) is 2.61. The molecular weight excluding hydrogens is 400 g/mol. The first-order chi connectivity index (χ1) is 14.7. The molecule has 0 bridgehead atoms. The molecule has 1 amide bonds. The summed E-state index contributed by atoms with van der Waals surface area (Å²) in [7, 11) is 1.80. The zero-order chi connectivity index (χ0) is 20.9. The zero-order valence-electron chi connectivity index (χ0n) is 17.1. The molecule has 0 saturated heterocycles. The highest BCUT2D eigenvalue weighted by Gasteiger charge is 2.16. The number of fused-ring (bicyclic) bond motifs is 1. The van der Waals surface area contributed by atoms with Crippen molar-refractivity contribution in [2.45, 2.75) is 25.0 Å². The lowest BCUT2D eigenvalue weighted by Gasteiger charge is -2.21. The van der Waals surface area contributed by atoms with Gasteiger partial charge in [-0.15, -0.1) is 10.2 Å². The van der Waals surface area contributed by atoms with E-state index >= 15 is 0 Å². The molecule has 156 valence electrons. The Morgan fingerprint density at radius 1 is 1.17 bits per heavy atom. The predicted molar refractivity (Wildman–Crippen MR) is 115 cm³/mol. The molecule has 0 N–H and O–H groups in total. The Bertz CT molecular complexity index is 1040. The number of benzene rings is 2. The molecule has 1 aliphatic heterocycles. The Labute approximate surface area is 180 Å². The summed E-state index contributed by atoms with van der Waals surface area (Å²) in [5, 5.41) is 8.96. The number of amides is 1.